The van der Waals surface area contributed by atoms with E-state index in [1.54, 1.807) is 0 Å². The second-order valence-electron chi connectivity index (χ2n) is 3.84. The molecule has 0 amide bonds. The summed E-state index contributed by atoms with van der Waals surface area (Å²) in [6, 6.07) is 5.84. The number of benzene rings is 1. The van der Waals surface area contributed by atoms with Crippen LogP contribution >= 0.6 is 0 Å². The number of nitrogens with zero attached hydrogens (tertiary/aromatic N) is 3. The van der Waals surface area contributed by atoms with Gasteiger partial charge in [0.15, 0.2) is 5.82 Å². The van der Waals surface area contributed by atoms with Crippen LogP contribution in [0.15, 0.2) is 18.2 Å². The van der Waals surface area contributed by atoms with Crippen LogP contribution in [0.5, 0.6) is 0 Å². The molecule has 16 heavy (non-hydrogen) atoms. The summed E-state index contributed by atoms with van der Waals surface area (Å²) >= 11 is 0. The van der Waals surface area contributed by atoms with Crippen LogP contribution in [0.4, 0.5) is 5.69 Å². The number of aryl methyl sites for hydroxylation is 3. The van der Waals surface area contributed by atoms with E-state index in [2.05, 4.69) is 15.0 Å². The van der Waals surface area contributed by atoms with Crippen molar-refractivity contribution >= 4 is 5.69 Å². The Kier molecular flexibility index (Phi) is 2.56. The van der Waals surface area contributed by atoms with Gasteiger partial charge >= 0.3 is 0 Å². The highest BCUT2D eigenvalue weighted by Crippen LogP contribution is 2.23. The van der Waals surface area contributed by atoms with E-state index in [1.807, 2.05) is 39.0 Å². The maximum Gasteiger partial charge on any atom is 0.165 e. The molecule has 1 heterocycles. The molecule has 0 aliphatic carbocycles. The molecule has 2 N–H and O–H groups in total. The van der Waals surface area contributed by atoms with Gasteiger partial charge in [-0.15, -0.1) is 0 Å². The van der Waals surface area contributed by atoms with Crippen LogP contribution in [0.2, 0.25) is 0 Å². The first kappa shape index (κ1) is 10.5. The number of aromatic nitrogens is 3. The first-order chi connectivity index (χ1) is 7.56. The second-order valence-corrected chi connectivity index (χ2v) is 3.84. The maximum atomic E-state index is 5.92. The normalized spacial score (nSPS) is 10.4. The van der Waals surface area contributed by atoms with Crippen LogP contribution in [0.25, 0.3) is 11.4 Å². The molecule has 0 unspecified atom stereocenters. The number of rotatable bonds is 1. The molecule has 82 valence electrons. The lowest BCUT2D eigenvalue weighted by Crippen LogP contribution is -2.01. The maximum absolute atomic E-state index is 5.92. The third-order valence-electron chi connectivity index (χ3n) is 2.31. The van der Waals surface area contributed by atoms with Crippen molar-refractivity contribution < 1.29 is 0 Å². The second kappa shape index (κ2) is 3.89. The van der Waals surface area contributed by atoms with Crippen LogP contribution in [0, 0.1) is 20.8 Å². The molecule has 0 aliphatic heterocycles. The Morgan fingerprint density at radius 2 is 1.56 bits per heavy atom. The minimum atomic E-state index is 0.645. The molecule has 0 radical (unpaired) electrons. The minimum Gasteiger partial charge on any atom is -0.398 e. The van der Waals surface area contributed by atoms with Gasteiger partial charge in [0.25, 0.3) is 0 Å². The summed E-state index contributed by atoms with van der Waals surface area (Å²) in [5.74, 6) is 2.07. The predicted octanol–water partition coefficient (Wildman–Crippen LogP) is 2.05. The first-order valence-electron chi connectivity index (χ1n) is 5.12. The molecule has 2 aromatic rings. The van der Waals surface area contributed by atoms with E-state index in [-0.39, 0.29) is 0 Å². The van der Waals surface area contributed by atoms with Crippen molar-refractivity contribution in [3.63, 3.8) is 0 Å². The van der Waals surface area contributed by atoms with Crippen LogP contribution in [-0.4, -0.2) is 15.0 Å². The van der Waals surface area contributed by atoms with Crippen LogP contribution in [0.3, 0.4) is 0 Å². The Morgan fingerprint density at radius 1 is 0.938 bits per heavy atom. The molecule has 4 nitrogen and oxygen atoms in total. The van der Waals surface area contributed by atoms with Crippen LogP contribution < -0.4 is 5.73 Å². The molecular weight excluding hydrogens is 200 g/mol. The highest BCUT2D eigenvalue weighted by Gasteiger charge is 2.07. The Labute approximate surface area is 94.6 Å². The predicted molar refractivity (Wildman–Crippen MR) is 63.9 cm³/mol. The van der Waals surface area contributed by atoms with Crippen molar-refractivity contribution in [2.24, 2.45) is 0 Å². The fourth-order valence-corrected chi connectivity index (χ4v) is 1.60. The van der Waals surface area contributed by atoms with Crippen LogP contribution in [0.1, 0.15) is 17.2 Å². The lowest BCUT2D eigenvalue weighted by atomic mass is 10.1. The van der Waals surface area contributed by atoms with Crippen molar-refractivity contribution in [1.29, 1.82) is 0 Å². The summed E-state index contributed by atoms with van der Waals surface area (Å²) in [4.78, 5) is 12.8. The summed E-state index contributed by atoms with van der Waals surface area (Å²) in [5.41, 5.74) is 8.62. The molecule has 0 saturated carbocycles. The summed E-state index contributed by atoms with van der Waals surface area (Å²) in [5, 5.41) is 0. The summed E-state index contributed by atoms with van der Waals surface area (Å²) in [7, 11) is 0. The van der Waals surface area contributed by atoms with Gasteiger partial charge in [-0.3, -0.25) is 0 Å². The van der Waals surface area contributed by atoms with Gasteiger partial charge in [0.05, 0.1) is 0 Å². The molecule has 0 bridgehead atoms. The average Bonchev–Trinajstić information content (AvgIpc) is 2.20. The van der Waals surface area contributed by atoms with Crippen molar-refractivity contribution in [2.75, 3.05) is 5.73 Å². The summed E-state index contributed by atoms with van der Waals surface area (Å²) in [6.07, 6.45) is 0. The number of anilines is 1. The number of hydrogen-bond acceptors (Lipinski definition) is 4. The molecule has 1 aromatic heterocycles. The van der Waals surface area contributed by atoms with E-state index in [1.165, 1.54) is 0 Å². The van der Waals surface area contributed by atoms with E-state index in [9.17, 15) is 0 Å². The van der Waals surface area contributed by atoms with Gasteiger partial charge in [-0.05, 0) is 32.9 Å². The van der Waals surface area contributed by atoms with Gasteiger partial charge in [-0.25, -0.2) is 15.0 Å². The summed E-state index contributed by atoms with van der Waals surface area (Å²) in [6.45, 7) is 5.72. The molecule has 0 atom stereocenters. The van der Waals surface area contributed by atoms with E-state index >= 15 is 0 Å². The number of nitrogens with two attached hydrogens (primary N) is 1. The van der Waals surface area contributed by atoms with E-state index in [4.69, 9.17) is 5.73 Å². The highest BCUT2D eigenvalue weighted by molar-refractivity contribution is 5.72. The van der Waals surface area contributed by atoms with Crippen molar-refractivity contribution in [3.8, 4) is 11.4 Å². The van der Waals surface area contributed by atoms with Crippen LogP contribution in [-0.2, 0) is 0 Å². The average molecular weight is 214 g/mol. The number of hydrogen-bond donors (Lipinski definition) is 1. The van der Waals surface area contributed by atoms with Gasteiger partial charge in [0.2, 0.25) is 0 Å². The first-order valence-corrected chi connectivity index (χ1v) is 5.12. The smallest absolute Gasteiger partial charge is 0.165 e. The summed E-state index contributed by atoms with van der Waals surface area (Å²) < 4.78 is 0. The third-order valence-corrected chi connectivity index (χ3v) is 2.31. The molecular formula is C12H14N4. The quantitative estimate of drug-likeness (QED) is 0.738. The fraction of sp³-hybridized carbons (Fsp3) is 0.250. The largest absolute Gasteiger partial charge is 0.398 e. The van der Waals surface area contributed by atoms with E-state index < -0.39 is 0 Å². The molecule has 0 fully saturated rings. The van der Waals surface area contributed by atoms with Gasteiger partial charge in [0.1, 0.15) is 11.6 Å². The standard InChI is InChI=1S/C12H14N4/c1-7-4-5-11(13)10(6-7)12-15-8(2)14-9(3)16-12/h4-6H,13H2,1-3H3. The zero-order valence-electron chi connectivity index (χ0n) is 9.65. The molecule has 4 heteroatoms. The van der Waals surface area contributed by atoms with Crippen molar-refractivity contribution in [1.82, 2.24) is 15.0 Å². The van der Waals surface area contributed by atoms with Crippen molar-refractivity contribution in [3.05, 3.63) is 35.4 Å². The number of nitrogen functional groups attached to an aromatic ring is 1. The van der Waals surface area contributed by atoms with Gasteiger partial charge in [0, 0.05) is 11.3 Å². The Balaban J connectivity index is 2.62. The van der Waals surface area contributed by atoms with E-state index in [0.29, 0.717) is 23.2 Å². The van der Waals surface area contributed by atoms with Gasteiger partial charge in [-0.2, -0.15) is 0 Å². The lowest BCUT2D eigenvalue weighted by molar-refractivity contribution is 0.929. The molecule has 0 saturated heterocycles. The molecule has 0 aliphatic rings. The molecule has 1 aromatic carbocycles. The Bertz CT molecular complexity index is 514. The zero-order chi connectivity index (χ0) is 11.7. The molecule has 0 spiro atoms. The minimum absolute atomic E-state index is 0.645. The topological polar surface area (TPSA) is 64.7 Å². The Hall–Kier alpha value is -1.97. The van der Waals surface area contributed by atoms with E-state index in [0.717, 1.165) is 11.1 Å². The monoisotopic (exact) mass is 214 g/mol. The third kappa shape index (κ3) is 2.00. The zero-order valence-corrected chi connectivity index (χ0v) is 9.65. The lowest BCUT2D eigenvalue weighted by Gasteiger charge is -2.06. The fourth-order valence-electron chi connectivity index (χ4n) is 1.60. The van der Waals surface area contributed by atoms with Gasteiger partial charge in [-0.1, -0.05) is 11.6 Å². The van der Waals surface area contributed by atoms with Gasteiger partial charge < -0.3 is 5.73 Å². The molecule has 2 rings (SSSR count). The SMILES string of the molecule is Cc1ccc(N)c(-c2nc(C)nc(C)n2)c1. The highest BCUT2D eigenvalue weighted by atomic mass is 15.0. The Morgan fingerprint density at radius 3 is 2.19 bits per heavy atom. The van der Waals surface area contributed by atoms with Crippen molar-refractivity contribution in [2.45, 2.75) is 20.8 Å².